The Labute approximate surface area is 180 Å². The van der Waals surface area contributed by atoms with Crippen LogP contribution in [0.4, 0.5) is 5.69 Å². The lowest BCUT2D eigenvalue weighted by atomic mass is 9.81. The molecule has 5 heterocycles. The number of benzene rings is 2. The van der Waals surface area contributed by atoms with Gasteiger partial charge in [0.1, 0.15) is 11.7 Å². The molecule has 0 saturated carbocycles. The van der Waals surface area contributed by atoms with Crippen molar-refractivity contribution in [2.45, 2.75) is 30.8 Å². The van der Waals surface area contributed by atoms with Gasteiger partial charge in [0.25, 0.3) is 0 Å². The molecular formula is C23H24ClN5O. The van der Waals surface area contributed by atoms with Crippen molar-refractivity contribution >= 4 is 34.2 Å². The average molecular weight is 422 g/mol. The molecule has 0 aliphatic carbocycles. The third-order valence-electron chi connectivity index (χ3n) is 6.97. The Bertz CT molecular complexity index is 1090. The molecule has 0 unspecified atom stereocenters. The number of piperidine rings is 3. The molecule has 154 valence electrons. The standard InChI is InChI=1S/C23H24ClN5O/c24-14-5-6-16-15(11-14)21(25-19-12-29-9-7-13(19)8-10-29)20(23(30)28-16)22-26-17-3-1-2-4-18(17)27-22/h1-6,11,13,19-21,25H,7-10,12H2,(H,26,27)(H,28,30)/t19-,20-,21-/m1/s1. The summed E-state index contributed by atoms with van der Waals surface area (Å²) in [6.07, 6.45) is 2.43. The highest BCUT2D eigenvalue weighted by Crippen LogP contribution is 2.42. The first kappa shape index (κ1) is 18.4. The van der Waals surface area contributed by atoms with Crippen LogP contribution < -0.4 is 10.6 Å². The summed E-state index contributed by atoms with van der Waals surface area (Å²) in [5, 5.41) is 7.62. The molecule has 3 atom stereocenters. The summed E-state index contributed by atoms with van der Waals surface area (Å²) in [5.74, 6) is 0.860. The van der Waals surface area contributed by atoms with Crippen LogP contribution in [0.15, 0.2) is 42.5 Å². The Morgan fingerprint density at radius 3 is 2.73 bits per heavy atom. The fourth-order valence-corrected chi connectivity index (χ4v) is 5.60. The molecule has 7 rings (SSSR count). The minimum absolute atomic E-state index is 0.0392. The Morgan fingerprint density at radius 2 is 1.97 bits per heavy atom. The van der Waals surface area contributed by atoms with Gasteiger partial charge in [-0.25, -0.2) is 4.98 Å². The van der Waals surface area contributed by atoms with Gasteiger partial charge in [-0.2, -0.15) is 0 Å². The van der Waals surface area contributed by atoms with Gasteiger partial charge in [0.15, 0.2) is 0 Å². The predicted octanol–water partition coefficient (Wildman–Crippen LogP) is 3.68. The first-order valence-corrected chi connectivity index (χ1v) is 11.1. The maximum atomic E-state index is 13.3. The number of fused-ring (bicyclic) bond motifs is 5. The van der Waals surface area contributed by atoms with Gasteiger partial charge in [0.05, 0.1) is 17.1 Å². The SMILES string of the molecule is O=C1Nc2ccc(Cl)cc2[C@@H](N[C@@H]2CN3CCC2CC3)[C@@H]1c1nc2ccccc2[nH]1. The van der Waals surface area contributed by atoms with Crippen LogP contribution in [0.2, 0.25) is 5.02 Å². The summed E-state index contributed by atoms with van der Waals surface area (Å²) in [5.41, 5.74) is 3.68. The lowest BCUT2D eigenvalue weighted by molar-refractivity contribution is -0.119. The molecule has 2 aromatic carbocycles. The molecular weight excluding hydrogens is 398 g/mol. The number of nitrogens with zero attached hydrogens (tertiary/aromatic N) is 2. The normalized spacial score (nSPS) is 30.3. The van der Waals surface area contributed by atoms with E-state index in [1.807, 2.05) is 42.5 Å². The van der Waals surface area contributed by atoms with Crippen LogP contribution in [0.5, 0.6) is 0 Å². The Hall–Kier alpha value is -2.41. The van der Waals surface area contributed by atoms with Gasteiger partial charge in [-0.1, -0.05) is 23.7 Å². The number of para-hydroxylation sites is 2. The fraction of sp³-hybridized carbons (Fsp3) is 0.391. The number of anilines is 1. The monoisotopic (exact) mass is 421 g/mol. The second-order valence-corrected chi connectivity index (χ2v) is 9.16. The van der Waals surface area contributed by atoms with E-state index in [4.69, 9.17) is 16.6 Å². The van der Waals surface area contributed by atoms with E-state index < -0.39 is 5.92 Å². The number of hydrogen-bond acceptors (Lipinski definition) is 4. The largest absolute Gasteiger partial charge is 0.341 e. The summed E-state index contributed by atoms with van der Waals surface area (Å²) in [6.45, 7) is 3.40. The smallest absolute Gasteiger partial charge is 0.237 e. The van der Waals surface area contributed by atoms with E-state index in [1.165, 1.54) is 25.9 Å². The maximum Gasteiger partial charge on any atom is 0.237 e. The number of hydrogen-bond donors (Lipinski definition) is 3. The Kier molecular flexibility index (Phi) is 4.33. The van der Waals surface area contributed by atoms with Gasteiger partial charge in [-0.05, 0) is 67.7 Å². The van der Waals surface area contributed by atoms with Crippen molar-refractivity contribution in [2.75, 3.05) is 25.0 Å². The van der Waals surface area contributed by atoms with Crippen LogP contribution in [0.1, 0.15) is 36.2 Å². The number of amides is 1. The zero-order chi connectivity index (χ0) is 20.2. The topological polar surface area (TPSA) is 73.1 Å². The molecule has 7 heteroatoms. The van der Waals surface area contributed by atoms with Crippen LogP contribution in [0.3, 0.4) is 0 Å². The molecule has 1 aromatic heterocycles. The molecule has 3 aromatic rings. The number of nitrogens with one attached hydrogen (secondary N) is 3. The quantitative estimate of drug-likeness (QED) is 0.603. The van der Waals surface area contributed by atoms with Crippen molar-refractivity contribution < 1.29 is 4.79 Å². The number of carbonyl (C=O) groups is 1. The van der Waals surface area contributed by atoms with Crippen molar-refractivity contribution in [2.24, 2.45) is 5.92 Å². The number of aromatic amines is 1. The van der Waals surface area contributed by atoms with E-state index >= 15 is 0 Å². The van der Waals surface area contributed by atoms with Crippen LogP contribution >= 0.6 is 11.6 Å². The van der Waals surface area contributed by atoms with Crippen molar-refractivity contribution in [1.29, 1.82) is 0 Å². The third-order valence-corrected chi connectivity index (χ3v) is 7.21. The number of carbonyl (C=O) groups excluding carboxylic acids is 1. The van der Waals surface area contributed by atoms with Gasteiger partial charge >= 0.3 is 0 Å². The van der Waals surface area contributed by atoms with Gasteiger partial charge < -0.3 is 20.5 Å². The summed E-state index contributed by atoms with van der Waals surface area (Å²) in [6, 6.07) is 13.8. The fourth-order valence-electron chi connectivity index (χ4n) is 5.42. The summed E-state index contributed by atoms with van der Waals surface area (Å²) >= 11 is 6.37. The van der Waals surface area contributed by atoms with Gasteiger partial charge in [0.2, 0.25) is 5.91 Å². The predicted molar refractivity (Wildman–Crippen MR) is 118 cm³/mol. The molecule has 0 radical (unpaired) electrons. The van der Waals surface area contributed by atoms with Gasteiger partial charge in [-0.3, -0.25) is 4.79 Å². The highest BCUT2D eigenvalue weighted by Gasteiger charge is 2.43. The molecule has 30 heavy (non-hydrogen) atoms. The molecule has 6 nitrogen and oxygen atoms in total. The van der Waals surface area contributed by atoms with Crippen LogP contribution in [0.25, 0.3) is 11.0 Å². The summed E-state index contributed by atoms with van der Waals surface area (Å²) in [4.78, 5) is 24.0. The first-order valence-electron chi connectivity index (χ1n) is 10.7. The zero-order valence-electron chi connectivity index (χ0n) is 16.6. The van der Waals surface area contributed by atoms with E-state index in [0.29, 0.717) is 22.8 Å². The van der Waals surface area contributed by atoms with Crippen molar-refractivity contribution in [1.82, 2.24) is 20.2 Å². The first-order chi connectivity index (χ1) is 14.7. The Morgan fingerprint density at radius 1 is 1.13 bits per heavy atom. The number of rotatable bonds is 3. The highest BCUT2D eigenvalue weighted by molar-refractivity contribution is 6.30. The highest BCUT2D eigenvalue weighted by atomic mass is 35.5. The molecule has 1 amide bonds. The molecule has 3 saturated heterocycles. The second-order valence-electron chi connectivity index (χ2n) is 8.73. The van der Waals surface area contributed by atoms with E-state index in [1.54, 1.807) is 0 Å². The minimum atomic E-state index is -0.446. The lowest BCUT2D eigenvalue weighted by Crippen LogP contribution is -2.58. The minimum Gasteiger partial charge on any atom is -0.341 e. The van der Waals surface area contributed by atoms with Crippen LogP contribution in [-0.4, -0.2) is 46.5 Å². The van der Waals surface area contributed by atoms with E-state index in [-0.39, 0.29) is 11.9 Å². The van der Waals surface area contributed by atoms with Gasteiger partial charge in [-0.15, -0.1) is 0 Å². The molecule has 2 bridgehead atoms. The maximum absolute atomic E-state index is 13.3. The van der Waals surface area contributed by atoms with Crippen molar-refractivity contribution in [3.63, 3.8) is 0 Å². The summed E-state index contributed by atoms with van der Waals surface area (Å²) < 4.78 is 0. The van der Waals surface area contributed by atoms with E-state index in [2.05, 4.69) is 20.5 Å². The molecule has 4 aliphatic rings. The third kappa shape index (κ3) is 3.02. The Balaban J connectivity index is 1.43. The van der Waals surface area contributed by atoms with Crippen molar-refractivity contribution in [3.8, 4) is 0 Å². The van der Waals surface area contributed by atoms with E-state index in [0.717, 1.165) is 28.8 Å². The second kappa shape index (κ2) is 7.08. The van der Waals surface area contributed by atoms with Crippen LogP contribution in [0, 0.1) is 5.92 Å². The van der Waals surface area contributed by atoms with Crippen molar-refractivity contribution in [3.05, 3.63) is 58.9 Å². The molecule has 3 N–H and O–H groups in total. The molecule has 3 fully saturated rings. The number of imidazole rings is 1. The molecule has 4 aliphatic heterocycles. The van der Waals surface area contributed by atoms with E-state index in [9.17, 15) is 4.79 Å². The van der Waals surface area contributed by atoms with Crippen LogP contribution in [-0.2, 0) is 4.79 Å². The average Bonchev–Trinajstić information content (AvgIpc) is 3.19. The lowest BCUT2D eigenvalue weighted by Gasteiger charge is -2.47. The molecule has 0 spiro atoms. The number of aromatic nitrogens is 2. The van der Waals surface area contributed by atoms with Gasteiger partial charge in [0, 0.05) is 23.3 Å². The summed E-state index contributed by atoms with van der Waals surface area (Å²) in [7, 11) is 0. The zero-order valence-corrected chi connectivity index (χ0v) is 17.3. The number of H-pyrrole nitrogens is 1. The number of halogens is 1.